The molecule has 0 aromatic heterocycles. The summed E-state index contributed by atoms with van der Waals surface area (Å²) in [5.74, 6) is 1.54. The van der Waals surface area contributed by atoms with Crippen molar-refractivity contribution < 1.29 is 23.7 Å². The molecule has 0 unspecified atom stereocenters. The van der Waals surface area contributed by atoms with Gasteiger partial charge in [0.2, 0.25) is 12.7 Å². The minimum atomic E-state index is -0.137. The minimum Gasteiger partial charge on any atom is -0.454 e. The number of carbonyl (C=O) groups excluding carboxylic acids is 1. The van der Waals surface area contributed by atoms with Gasteiger partial charge in [-0.05, 0) is 30.5 Å². The van der Waals surface area contributed by atoms with Gasteiger partial charge in [-0.2, -0.15) is 0 Å². The van der Waals surface area contributed by atoms with E-state index in [0.29, 0.717) is 32.9 Å². The Hall–Kier alpha value is -1.83. The van der Waals surface area contributed by atoms with E-state index in [1.165, 1.54) is 0 Å². The Morgan fingerprint density at radius 2 is 2.04 bits per heavy atom. The zero-order valence-corrected chi connectivity index (χ0v) is 14.6. The number of nitrogens with one attached hydrogen (secondary N) is 2. The predicted molar refractivity (Wildman–Crippen MR) is 92.1 cm³/mol. The number of hydrogen-bond acceptors (Lipinski definition) is 6. The number of fused-ring (bicyclic) bond motifs is 1. The molecule has 1 aromatic rings. The number of benzene rings is 1. The summed E-state index contributed by atoms with van der Waals surface area (Å²) in [4.78, 5) is 12.1. The molecule has 0 spiro atoms. The van der Waals surface area contributed by atoms with E-state index < -0.39 is 0 Å². The maximum atomic E-state index is 12.1. The van der Waals surface area contributed by atoms with Crippen molar-refractivity contribution in [2.75, 3.05) is 53.4 Å². The zero-order valence-electron chi connectivity index (χ0n) is 14.6. The van der Waals surface area contributed by atoms with Crippen LogP contribution in [0.2, 0.25) is 0 Å². The fraction of sp³-hybridized carbons (Fsp3) is 0.611. The lowest BCUT2D eigenvalue weighted by atomic mass is 9.74. The Labute approximate surface area is 148 Å². The lowest BCUT2D eigenvalue weighted by Crippen LogP contribution is -2.46. The highest BCUT2D eigenvalue weighted by molar-refractivity contribution is 5.78. The monoisotopic (exact) mass is 350 g/mol. The number of methoxy groups -OCH3 is 1. The summed E-state index contributed by atoms with van der Waals surface area (Å²) in [6, 6.07) is 6.06. The second-order valence-corrected chi connectivity index (χ2v) is 6.41. The molecule has 2 N–H and O–H groups in total. The third kappa shape index (κ3) is 4.42. The van der Waals surface area contributed by atoms with Gasteiger partial charge >= 0.3 is 0 Å². The summed E-state index contributed by atoms with van der Waals surface area (Å²) in [7, 11) is 1.64. The molecular weight excluding hydrogens is 324 g/mol. The van der Waals surface area contributed by atoms with Gasteiger partial charge in [-0.15, -0.1) is 0 Å². The summed E-state index contributed by atoms with van der Waals surface area (Å²) in [6.45, 7) is 3.76. The maximum absolute atomic E-state index is 12.1. The standard InChI is InChI=1S/C18H26N2O5/c1-22-9-6-19-11-17(21)20-12-18(4-7-23-8-5-18)14-2-3-15-16(10-14)25-13-24-15/h2-3,10,19H,4-9,11-13H2,1H3,(H,20,21). The van der Waals surface area contributed by atoms with Crippen LogP contribution < -0.4 is 20.1 Å². The van der Waals surface area contributed by atoms with Crippen molar-refractivity contribution >= 4 is 5.91 Å². The molecule has 2 aliphatic rings. The molecule has 0 saturated carbocycles. The van der Waals surface area contributed by atoms with Crippen LogP contribution in [0.1, 0.15) is 18.4 Å². The first-order chi connectivity index (χ1) is 12.2. The molecule has 0 aliphatic carbocycles. The molecule has 2 heterocycles. The molecule has 1 fully saturated rings. The van der Waals surface area contributed by atoms with E-state index in [0.717, 1.165) is 29.9 Å². The topological polar surface area (TPSA) is 78.1 Å². The van der Waals surface area contributed by atoms with Crippen molar-refractivity contribution in [3.8, 4) is 11.5 Å². The largest absolute Gasteiger partial charge is 0.454 e. The van der Waals surface area contributed by atoms with E-state index >= 15 is 0 Å². The Morgan fingerprint density at radius 1 is 1.24 bits per heavy atom. The number of hydrogen-bond donors (Lipinski definition) is 2. The van der Waals surface area contributed by atoms with Gasteiger partial charge in [-0.3, -0.25) is 4.79 Å². The molecule has 7 nitrogen and oxygen atoms in total. The number of ether oxygens (including phenoxy) is 4. The van der Waals surface area contributed by atoms with E-state index in [2.05, 4.69) is 16.7 Å². The van der Waals surface area contributed by atoms with Crippen molar-refractivity contribution in [1.29, 1.82) is 0 Å². The van der Waals surface area contributed by atoms with Crippen molar-refractivity contribution in [2.24, 2.45) is 0 Å². The smallest absolute Gasteiger partial charge is 0.233 e. The third-order valence-electron chi connectivity index (χ3n) is 4.83. The van der Waals surface area contributed by atoms with Crippen LogP contribution in [0, 0.1) is 0 Å². The Kier molecular flexibility index (Phi) is 6.12. The average molecular weight is 350 g/mol. The molecule has 0 bridgehead atoms. The first-order valence-corrected chi connectivity index (χ1v) is 8.68. The van der Waals surface area contributed by atoms with E-state index in [4.69, 9.17) is 18.9 Å². The summed E-state index contributed by atoms with van der Waals surface area (Å²) in [5, 5.41) is 6.13. The highest BCUT2D eigenvalue weighted by Crippen LogP contribution is 2.40. The second kappa shape index (κ2) is 8.51. The summed E-state index contributed by atoms with van der Waals surface area (Å²) < 4.78 is 21.4. The van der Waals surface area contributed by atoms with Crippen LogP contribution in [0.3, 0.4) is 0 Å². The van der Waals surface area contributed by atoms with E-state index in [1.54, 1.807) is 7.11 Å². The molecular formula is C18H26N2O5. The number of carbonyl (C=O) groups is 1. The molecule has 3 rings (SSSR count). The van der Waals surface area contributed by atoms with Crippen molar-refractivity contribution in [1.82, 2.24) is 10.6 Å². The lowest BCUT2D eigenvalue weighted by Gasteiger charge is -2.38. The normalized spacial score (nSPS) is 18.1. The van der Waals surface area contributed by atoms with Gasteiger partial charge in [0, 0.05) is 38.8 Å². The molecule has 1 amide bonds. The molecule has 138 valence electrons. The van der Waals surface area contributed by atoms with Gasteiger partial charge in [-0.1, -0.05) is 6.07 Å². The van der Waals surface area contributed by atoms with Crippen molar-refractivity contribution in [2.45, 2.75) is 18.3 Å². The van der Waals surface area contributed by atoms with Gasteiger partial charge < -0.3 is 29.6 Å². The summed E-state index contributed by atoms with van der Waals surface area (Å²) in [6.07, 6.45) is 1.73. The Morgan fingerprint density at radius 3 is 2.84 bits per heavy atom. The molecule has 0 atom stereocenters. The fourth-order valence-electron chi connectivity index (χ4n) is 3.26. The molecule has 1 aromatic carbocycles. The van der Waals surface area contributed by atoms with Gasteiger partial charge in [-0.25, -0.2) is 0 Å². The third-order valence-corrected chi connectivity index (χ3v) is 4.83. The van der Waals surface area contributed by atoms with Gasteiger partial charge in [0.15, 0.2) is 11.5 Å². The van der Waals surface area contributed by atoms with Gasteiger partial charge in [0.05, 0.1) is 13.2 Å². The van der Waals surface area contributed by atoms with E-state index in [9.17, 15) is 4.79 Å². The first kappa shape index (κ1) is 18.0. The van der Waals surface area contributed by atoms with Crippen LogP contribution in [-0.2, 0) is 19.7 Å². The summed E-state index contributed by atoms with van der Waals surface area (Å²) in [5.41, 5.74) is 1.02. The maximum Gasteiger partial charge on any atom is 0.233 e. The van der Waals surface area contributed by atoms with Gasteiger partial charge in [0.1, 0.15) is 0 Å². The van der Waals surface area contributed by atoms with Crippen LogP contribution >= 0.6 is 0 Å². The average Bonchev–Trinajstić information content (AvgIpc) is 3.12. The van der Waals surface area contributed by atoms with Gasteiger partial charge in [0.25, 0.3) is 0 Å². The van der Waals surface area contributed by atoms with Crippen LogP contribution in [0.5, 0.6) is 11.5 Å². The van der Waals surface area contributed by atoms with E-state index in [-0.39, 0.29) is 24.7 Å². The number of amides is 1. The summed E-state index contributed by atoms with van der Waals surface area (Å²) >= 11 is 0. The molecule has 25 heavy (non-hydrogen) atoms. The van der Waals surface area contributed by atoms with Crippen molar-refractivity contribution in [3.05, 3.63) is 23.8 Å². The molecule has 7 heteroatoms. The number of rotatable bonds is 8. The highest BCUT2D eigenvalue weighted by Gasteiger charge is 2.36. The van der Waals surface area contributed by atoms with Crippen LogP contribution in [0.25, 0.3) is 0 Å². The van der Waals surface area contributed by atoms with Crippen LogP contribution in [0.15, 0.2) is 18.2 Å². The lowest BCUT2D eigenvalue weighted by molar-refractivity contribution is -0.120. The Bertz CT molecular complexity index is 587. The fourth-order valence-corrected chi connectivity index (χ4v) is 3.26. The first-order valence-electron chi connectivity index (χ1n) is 8.68. The van der Waals surface area contributed by atoms with Crippen molar-refractivity contribution in [3.63, 3.8) is 0 Å². The molecule has 1 saturated heterocycles. The molecule has 2 aliphatic heterocycles. The second-order valence-electron chi connectivity index (χ2n) is 6.41. The SMILES string of the molecule is COCCNCC(=O)NCC1(c2ccc3c(c2)OCO3)CCOCC1. The Balaban J connectivity index is 1.64. The van der Waals surface area contributed by atoms with Crippen LogP contribution in [-0.4, -0.2) is 59.3 Å². The zero-order chi connectivity index (χ0) is 17.5. The highest BCUT2D eigenvalue weighted by atomic mass is 16.7. The molecule has 0 radical (unpaired) electrons. The predicted octanol–water partition coefficient (Wildman–Crippen LogP) is 0.816. The van der Waals surface area contributed by atoms with Crippen LogP contribution in [0.4, 0.5) is 0 Å². The quantitative estimate of drug-likeness (QED) is 0.676. The minimum absolute atomic E-state index is 0.0114. The van der Waals surface area contributed by atoms with E-state index in [1.807, 2.05) is 12.1 Å².